The summed E-state index contributed by atoms with van der Waals surface area (Å²) >= 11 is 6.00. The molecule has 144 valence electrons. The molecule has 0 aliphatic rings. The van der Waals surface area contributed by atoms with Gasteiger partial charge in [-0.25, -0.2) is 13.1 Å². The summed E-state index contributed by atoms with van der Waals surface area (Å²) < 4.78 is 26.9. The molecule has 0 aromatic heterocycles. The minimum Gasteiger partial charge on any atom is -0.326 e. The molecule has 0 heterocycles. The Morgan fingerprint density at radius 2 is 1.70 bits per heavy atom. The second kappa shape index (κ2) is 8.98. The highest BCUT2D eigenvalue weighted by Crippen LogP contribution is 2.23. The summed E-state index contributed by atoms with van der Waals surface area (Å²) in [7, 11) is -3.75. The first kappa shape index (κ1) is 20.9. The molecule has 2 amide bonds. The largest absolute Gasteiger partial charge is 0.326 e. The van der Waals surface area contributed by atoms with Crippen molar-refractivity contribution in [3.8, 4) is 0 Å². The van der Waals surface area contributed by atoms with Gasteiger partial charge in [0.1, 0.15) is 0 Å². The maximum atomic E-state index is 12.3. The summed E-state index contributed by atoms with van der Waals surface area (Å²) in [6.07, 6.45) is -0.0326. The maximum absolute atomic E-state index is 12.3. The Bertz CT molecular complexity index is 944. The average molecular weight is 410 g/mol. The van der Waals surface area contributed by atoms with Crippen LogP contribution in [0.4, 0.5) is 11.4 Å². The van der Waals surface area contributed by atoms with E-state index >= 15 is 0 Å². The van der Waals surface area contributed by atoms with E-state index in [0.717, 1.165) is 5.56 Å². The van der Waals surface area contributed by atoms with Gasteiger partial charge in [0.05, 0.1) is 4.90 Å². The quantitative estimate of drug-likeness (QED) is 0.653. The van der Waals surface area contributed by atoms with Crippen molar-refractivity contribution in [3.05, 3.63) is 53.1 Å². The monoisotopic (exact) mass is 409 g/mol. The summed E-state index contributed by atoms with van der Waals surface area (Å²) in [6, 6.07) is 10.9. The van der Waals surface area contributed by atoms with Crippen molar-refractivity contribution < 1.29 is 18.0 Å². The SMILES string of the molecule is CC(=O)Nc1ccc(S(=O)(=O)NCCC(=O)Nc2cccc(Cl)c2C)cc1. The Labute approximate surface area is 163 Å². The van der Waals surface area contributed by atoms with E-state index in [1.165, 1.54) is 31.2 Å². The van der Waals surface area contributed by atoms with Gasteiger partial charge in [0.25, 0.3) is 0 Å². The van der Waals surface area contributed by atoms with Crippen molar-refractivity contribution in [2.24, 2.45) is 0 Å². The van der Waals surface area contributed by atoms with Crippen molar-refractivity contribution in [1.29, 1.82) is 0 Å². The second-order valence-corrected chi connectivity index (χ2v) is 7.99. The van der Waals surface area contributed by atoms with Gasteiger partial charge in [0.2, 0.25) is 21.8 Å². The lowest BCUT2D eigenvalue weighted by atomic mass is 10.2. The van der Waals surface area contributed by atoms with Crippen molar-refractivity contribution in [2.45, 2.75) is 25.2 Å². The molecule has 0 atom stereocenters. The number of nitrogens with one attached hydrogen (secondary N) is 3. The lowest BCUT2D eigenvalue weighted by Crippen LogP contribution is -2.28. The number of carbonyl (C=O) groups excluding carboxylic acids is 2. The molecule has 0 aliphatic carbocycles. The van der Waals surface area contributed by atoms with Crippen LogP contribution in [0.2, 0.25) is 5.02 Å². The van der Waals surface area contributed by atoms with E-state index < -0.39 is 10.0 Å². The van der Waals surface area contributed by atoms with E-state index in [4.69, 9.17) is 11.6 Å². The highest BCUT2D eigenvalue weighted by molar-refractivity contribution is 7.89. The maximum Gasteiger partial charge on any atom is 0.240 e. The van der Waals surface area contributed by atoms with Gasteiger partial charge in [0.15, 0.2) is 0 Å². The van der Waals surface area contributed by atoms with E-state index in [-0.39, 0.29) is 29.7 Å². The molecule has 7 nitrogen and oxygen atoms in total. The van der Waals surface area contributed by atoms with Crippen molar-refractivity contribution in [1.82, 2.24) is 4.72 Å². The highest BCUT2D eigenvalue weighted by Gasteiger charge is 2.14. The van der Waals surface area contributed by atoms with E-state index in [2.05, 4.69) is 15.4 Å². The van der Waals surface area contributed by atoms with Crippen LogP contribution in [0, 0.1) is 6.92 Å². The molecular weight excluding hydrogens is 390 g/mol. The lowest BCUT2D eigenvalue weighted by molar-refractivity contribution is -0.116. The summed E-state index contributed by atoms with van der Waals surface area (Å²) in [5, 5.41) is 5.80. The van der Waals surface area contributed by atoms with E-state index in [9.17, 15) is 18.0 Å². The zero-order valence-corrected chi connectivity index (χ0v) is 16.4. The minimum absolute atomic E-state index is 0.0326. The van der Waals surface area contributed by atoms with Gasteiger partial charge in [0, 0.05) is 36.3 Å². The van der Waals surface area contributed by atoms with Gasteiger partial charge in [-0.2, -0.15) is 0 Å². The Morgan fingerprint density at radius 3 is 2.33 bits per heavy atom. The zero-order chi connectivity index (χ0) is 20.0. The number of rotatable bonds is 7. The summed E-state index contributed by atoms with van der Waals surface area (Å²) in [6.45, 7) is 3.09. The van der Waals surface area contributed by atoms with E-state index in [1.54, 1.807) is 25.1 Å². The van der Waals surface area contributed by atoms with Gasteiger partial charge in [-0.15, -0.1) is 0 Å². The molecular formula is C18H20ClN3O4S. The molecule has 0 saturated carbocycles. The highest BCUT2D eigenvalue weighted by atomic mass is 35.5. The van der Waals surface area contributed by atoms with Gasteiger partial charge < -0.3 is 10.6 Å². The van der Waals surface area contributed by atoms with Crippen molar-refractivity contribution in [2.75, 3.05) is 17.2 Å². The molecule has 0 unspecified atom stereocenters. The number of halogens is 1. The predicted molar refractivity (Wildman–Crippen MR) is 105 cm³/mol. The Hall–Kier alpha value is -2.42. The molecule has 2 aromatic carbocycles. The summed E-state index contributed by atoms with van der Waals surface area (Å²) in [4.78, 5) is 23.0. The topological polar surface area (TPSA) is 104 Å². The molecule has 0 aliphatic heterocycles. The molecule has 9 heteroatoms. The fraction of sp³-hybridized carbons (Fsp3) is 0.222. The zero-order valence-electron chi connectivity index (χ0n) is 14.9. The fourth-order valence-corrected chi connectivity index (χ4v) is 3.46. The van der Waals surface area contributed by atoms with Crippen LogP contribution in [-0.4, -0.2) is 26.8 Å². The summed E-state index contributed by atoms with van der Waals surface area (Å²) in [5.74, 6) is -0.575. The minimum atomic E-state index is -3.75. The van der Waals surface area contributed by atoms with Crippen LogP contribution in [0.25, 0.3) is 0 Å². The van der Waals surface area contributed by atoms with Crippen molar-refractivity contribution in [3.63, 3.8) is 0 Å². The molecule has 3 N–H and O–H groups in total. The standard InChI is InChI=1S/C18H20ClN3O4S/c1-12-16(19)4-3-5-17(12)22-18(24)10-11-20-27(25,26)15-8-6-14(7-9-15)21-13(2)23/h3-9,20H,10-11H2,1-2H3,(H,21,23)(H,22,24). The third kappa shape index (κ3) is 6.06. The number of benzene rings is 2. The lowest BCUT2D eigenvalue weighted by Gasteiger charge is -2.10. The van der Waals surface area contributed by atoms with Gasteiger partial charge in [-0.1, -0.05) is 17.7 Å². The molecule has 0 radical (unpaired) electrons. The number of anilines is 2. The molecule has 0 fully saturated rings. The van der Waals surface area contributed by atoms with Crippen LogP contribution in [0.3, 0.4) is 0 Å². The van der Waals surface area contributed by atoms with Crippen LogP contribution >= 0.6 is 11.6 Å². The molecule has 2 rings (SSSR count). The van der Waals surface area contributed by atoms with Crippen molar-refractivity contribution >= 4 is 44.8 Å². The smallest absolute Gasteiger partial charge is 0.240 e. The van der Waals surface area contributed by atoms with E-state index in [1.807, 2.05) is 0 Å². The third-order valence-electron chi connectivity index (χ3n) is 3.67. The normalized spacial score (nSPS) is 11.1. The number of hydrogen-bond donors (Lipinski definition) is 3. The summed E-state index contributed by atoms with van der Waals surface area (Å²) in [5.41, 5.74) is 1.83. The fourth-order valence-electron chi connectivity index (χ4n) is 2.26. The molecule has 27 heavy (non-hydrogen) atoms. The molecule has 0 saturated heterocycles. The number of carbonyl (C=O) groups is 2. The van der Waals surface area contributed by atoms with Crippen LogP contribution in [0.1, 0.15) is 18.9 Å². The number of sulfonamides is 1. The van der Waals surface area contributed by atoms with E-state index in [0.29, 0.717) is 16.4 Å². The first-order chi connectivity index (χ1) is 12.7. The Balaban J connectivity index is 1.90. The first-order valence-electron chi connectivity index (χ1n) is 8.11. The number of hydrogen-bond acceptors (Lipinski definition) is 4. The number of amides is 2. The first-order valence-corrected chi connectivity index (χ1v) is 9.97. The Morgan fingerprint density at radius 1 is 1.04 bits per heavy atom. The van der Waals surface area contributed by atoms with Crippen LogP contribution < -0.4 is 15.4 Å². The predicted octanol–water partition coefficient (Wildman–Crippen LogP) is 2.91. The molecule has 2 aromatic rings. The molecule has 0 bridgehead atoms. The van der Waals surface area contributed by atoms with Crippen LogP contribution in [0.5, 0.6) is 0 Å². The molecule has 0 spiro atoms. The van der Waals surface area contributed by atoms with Gasteiger partial charge in [-0.3, -0.25) is 9.59 Å². The third-order valence-corrected chi connectivity index (χ3v) is 5.56. The van der Waals surface area contributed by atoms with Gasteiger partial charge in [-0.05, 0) is 48.9 Å². The van der Waals surface area contributed by atoms with Crippen LogP contribution in [0.15, 0.2) is 47.4 Å². The average Bonchev–Trinajstić information content (AvgIpc) is 2.59. The van der Waals surface area contributed by atoms with Gasteiger partial charge >= 0.3 is 0 Å². The second-order valence-electron chi connectivity index (χ2n) is 5.81. The van der Waals surface area contributed by atoms with Crippen LogP contribution in [-0.2, 0) is 19.6 Å². The Kier molecular flexibility index (Phi) is 6.95.